The Hall–Kier alpha value is -1.30. The molecule has 0 aliphatic rings. The molecule has 0 fully saturated rings. The second-order valence-electron chi connectivity index (χ2n) is 7.53. The molecule has 0 heteroatoms. The minimum Gasteiger partial charge on any atom is -0.0654 e. The predicted molar refractivity (Wildman–Crippen MR) is 114 cm³/mol. The number of rotatable bonds is 10. The average Bonchev–Trinajstić information content (AvgIpc) is 2.63. The van der Waals surface area contributed by atoms with E-state index in [1.807, 2.05) is 0 Å². The van der Waals surface area contributed by atoms with Gasteiger partial charge in [0, 0.05) is 0 Å². The van der Waals surface area contributed by atoms with Crippen LogP contribution in [0.1, 0.15) is 94.0 Å². The third-order valence-corrected chi connectivity index (χ3v) is 5.76. The number of hydrogen-bond donors (Lipinski definition) is 0. The van der Waals surface area contributed by atoms with Crippen molar-refractivity contribution in [2.75, 3.05) is 0 Å². The minimum absolute atomic E-state index is 1.16. The molecule has 0 amide bonds. The van der Waals surface area contributed by atoms with E-state index in [0.29, 0.717) is 0 Å². The monoisotopic (exact) mass is 338 g/mol. The minimum atomic E-state index is 1.16. The first-order chi connectivity index (χ1) is 12.2. The number of unbranched alkanes of at least 4 members (excludes halogenated alkanes) is 4. The molecule has 0 saturated carbocycles. The lowest BCUT2D eigenvalue weighted by atomic mass is 9.82. The number of hydrogen-bond acceptors (Lipinski definition) is 0. The van der Waals surface area contributed by atoms with E-state index in [-0.39, 0.29) is 0 Å². The zero-order chi connectivity index (χ0) is 18.2. The van der Waals surface area contributed by atoms with Gasteiger partial charge in [0.2, 0.25) is 0 Å². The molecule has 0 unspecified atom stereocenters. The fourth-order valence-corrected chi connectivity index (χ4v) is 4.48. The topological polar surface area (TPSA) is 0 Å². The van der Waals surface area contributed by atoms with Gasteiger partial charge in [-0.25, -0.2) is 0 Å². The molecule has 2 rings (SSSR count). The number of aryl methyl sites for hydroxylation is 3. The third-order valence-electron chi connectivity index (χ3n) is 5.76. The van der Waals surface area contributed by atoms with Crippen molar-refractivity contribution in [2.24, 2.45) is 0 Å². The van der Waals surface area contributed by atoms with E-state index in [4.69, 9.17) is 0 Å². The highest BCUT2D eigenvalue weighted by Gasteiger charge is 2.18. The molecular formula is C25H38. The van der Waals surface area contributed by atoms with Crippen LogP contribution in [0.25, 0.3) is 10.8 Å². The molecule has 0 radical (unpaired) electrons. The van der Waals surface area contributed by atoms with Crippen molar-refractivity contribution in [2.45, 2.75) is 98.8 Å². The zero-order valence-electron chi connectivity index (χ0n) is 17.3. The summed E-state index contributed by atoms with van der Waals surface area (Å²) in [6.07, 6.45) is 12.8. The lowest BCUT2D eigenvalue weighted by Gasteiger charge is -2.23. The second-order valence-corrected chi connectivity index (χ2v) is 7.53. The van der Waals surface area contributed by atoms with Crippen LogP contribution in [0.3, 0.4) is 0 Å². The molecule has 0 N–H and O–H groups in total. The standard InChI is InChI=1S/C25H38/c1-6-10-12-13-17-23-20(8-3)22(16-11-7-2)21(9-4)25-19(5)15-14-18-24(23)25/h14-15,18H,6-13,16-17H2,1-5H3. The quantitative estimate of drug-likeness (QED) is 0.389. The maximum Gasteiger partial charge on any atom is -0.0117 e. The molecule has 0 aliphatic carbocycles. The van der Waals surface area contributed by atoms with Gasteiger partial charge in [0.05, 0.1) is 0 Å². The van der Waals surface area contributed by atoms with E-state index in [1.54, 1.807) is 33.0 Å². The second kappa shape index (κ2) is 10.00. The maximum atomic E-state index is 2.39. The molecular weight excluding hydrogens is 300 g/mol. The summed E-state index contributed by atoms with van der Waals surface area (Å²) in [7, 11) is 0. The Bertz CT molecular complexity index is 678. The van der Waals surface area contributed by atoms with Crippen LogP contribution in [-0.4, -0.2) is 0 Å². The molecule has 2 aromatic rings. The highest BCUT2D eigenvalue weighted by atomic mass is 14.2. The van der Waals surface area contributed by atoms with Crippen LogP contribution >= 0.6 is 0 Å². The van der Waals surface area contributed by atoms with Crippen LogP contribution in [0.5, 0.6) is 0 Å². The summed E-state index contributed by atoms with van der Waals surface area (Å²) in [5.41, 5.74) is 8.14. The van der Waals surface area contributed by atoms with E-state index in [1.165, 1.54) is 63.4 Å². The van der Waals surface area contributed by atoms with Crippen LogP contribution in [-0.2, 0) is 25.7 Å². The molecule has 0 nitrogen and oxygen atoms in total. The SMILES string of the molecule is CCCCCCc1c(CC)c(CCCC)c(CC)c2c(C)cccc12. The molecule has 2 aromatic carbocycles. The van der Waals surface area contributed by atoms with Crippen LogP contribution in [0.15, 0.2) is 18.2 Å². The molecule has 25 heavy (non-hydrogen) atoms. The Morgan fingerprint density at radius 2 is 1.32 bits per heavy atom. The van der Waals surface area contributed by atoms with Crippen molar-refractivity contribution in [3.63, 3.8) is 0 Å². The van der Waals surface area contributed by atoms with Crippen molar-refractivity contribution in [1.82, 2.24) is 0 Å². The van der Waals surface area contributed by atoms with Crippen molar-refractivity contribution in [3.8, 4) is 0 Å². The van der Waals surface area contributed by atoms with Crippen LogP contribution < -0.4 is 0 Å². The van der Waals surface area contributed by atoms with Crippen molar-refractivity contribution < 1.29 is 0 Å². The Morgan fingerprint density at radius 1 is 0.640 bits per heavy atom. The van der Waals surface area contributed by atoms with Crippen LogP contribution in [0.4, 0.5) is 0 Å². The Balaban J connectivity index is 2.64. The van der Waals surface area contributed by atoms with E-state index in [2.05, 4.69) is 52.8 Å². The lowest BCUT2D eigenvalue weighted by Crippen LogP contribution is -2.07. The van der Waals surface area contributed by atoms with Gasteiger partial charge in [-0.15, -0.1) is 0 Å². The predicted octanol–water partition coefficient (Wildman–Crippen LogP) is 7.74. The van der Waals surface area contributed by atoms with E-state index in [9.17, 15) is 0 Å². The smallest absolute Gasteiger partial charge is 0.0117 e. The maximum absolute atomic E-state index is 2.39. The van der Waals surface area contributed by atoms with E-state index < -0.39 is 0 Å². The molecule has 0 atom stereocenters. The van der Waals surface area contributed by atoms with Crippen LogP contribution in [0, 0.1) is 6.92 Å². The lowest BCUT2D eigenvalue weighted by molar-refractivity contribution is 0.665. The summed E-state index contributed by atoms with van der Waals surface area (Å²) < 4.78 is 0. The van der Waals surface area contributed by atoms with Gasteiger partial charge in [-0.1, -0.05) is 71.6 Å². The highest BCUT2D eigenvalue weighted by molar-refractivity contribution is 5.93. The summed E-state index contributed by atoms with van der Waals surface area (Å²) in [5, 5.41) is 3.12. The Morgan fingerprint density at radius 3 is 1.96 bits per heavy atom. The first kappa shape index (κ1) is 20.0. The Labute approximate surface area is 156 Å². The van der Waals surface area contributed by atoms with E-state index >= 15 is 0 Å². The third kappa shape index (κ3) is 4.46. The molecule has 0 bridgehead atoms. The molecule has 0 heterocycles. The zero-order valence-corrected chi connectivity index (χ0v) is 17.3. The molecule has 0 aliphatic heterocycles. The fourth-order valence-electron chi connectivity index (χ4n) is 4.48. The van der Waals surface area contributed by atoms with Crippen molar-refractivity contribution in [1.29, 1.82) is 0 Å². The van der Waals surface area contributed by atoms with Gasteiger partial charge in [0.25, 0.3) is 0 Å². The average molecular weight is 339 g/mol. The van der Waals surface area contributed by atoms with Gasteiger partial charge < -0.3 is 0 Å². The first-order valence-corrected chi connectivity index (χ1v) is 10.7. The highest BCUT2D eigenvalue weighted by Crippen LogP contribution is 2.35. The normalized spacial score (nSPS) is 11.4. The first-order valence-electron chi connectivity index (χ1n) is 10.7. The van der Waals surface area contributed by atoms with Crippen LogP contribution in [0.2, 0.25) is 0 Å². The van der Waals surface area contributed by atoms with Gasteiger partial charge in [-0.3, -0.25) is 0 Å². The van der Waals surface area contributed by atoms with Gasteiger partial charge in [0.15, 0.2) is 0 Å². The van der Waals surface area contributed by atoms with Gasteiger partial charge in [-0.05, 0) is 84.0 Å². The number of benzene rings is 2. The summed E-state index contributed by atoms with van der Waals surface area (Å²) in [4.78, 5) is 0. The molecule has 138 valence electrons. The fraction of sp³-hybridized carbons (Fsp3) is 0.600. The summed E-state index contributed by atoms with van der Waals surface area (Å²) in [5.74, 6) is 0. The van der Waals surface area contributed by atoms with Crippen molar-refractivity contribution >= 4 is 10.8 Å². The summed E-state index contributed by atoms with van der Waals surface area (Å²) in [6, 6.07) is 6.95. The molecule has 0 spiro atoms. The largest absolute Gasteiger partial charge is 0.0654 e. The summed E-state index contributed by atoms with van der Waals surface area (Å²) in [6.45, 7) is 11.6. The van der Waals surface area contributed by atoms with Gasteiger partial charge in [0.1, 0.15) is 0 Å². The van der Waals surface area contributed by atoms with E-state index in [0.717, 1.165) is 6.42 Å². The molecule has 0 aromatic heterocycles. The number of fused-ring (bicyclic) bond motifs is 1. The van der Waals surface area contributed by atoms with Gasteiger partial charge in [-0.2, -0.15) is 0 Å². The van der Waals surface area contributed by atoms with Gasteiger partial charge >= 0.3 is 0 Å². The summed E-state index contributed by atoms with van der Waals surface area (Å²) >= 11 is 0. The molecule has 0 saturated heterocycles. The Kier molecular flexibility index (Phi) is 8.00. The van der Waals surface area contributed by atoms with Crippen molar-refractivity contribution in [3.05, 3.63) is 46.0 Å².